The maximum atomic E-state index is 6.00. The van der Waals surface area contributed by atoms with Crippen LogP contribution in [0.15, 0.2) is 12.1 Å². The van der Waals surface area contributed by atoms with Gasteiger partial charge in [0.15, 0.2) is 5.65 Å². The highest BCUT2D eigenvalue weighted by Crippen LogP contribution is 2.30. The van der Waals surface area contributed by atoms with Gasteiger partial charge in [-0.25, -0.2) is 9.97 Å². The Balaban J connectivity index is 1.92. The summed E-state index contributed by atoms with van der Waals surface area (Å²) < 4.78 is 2.20. The molecule has 0 amide bonds. The van der Waals surface area contributed by atoms with Gasteiger partial charge in [0.05, 0.1) is 5.88 Å². The van der Waals surface area contributed by atoms with Gasteiger partial charge in [0.2, 0.25) is 0 Å². The standard InChI is InChI=1S/C14H18ClN3/c1-10-5-6-12-14(16-10)18(13(9-15)17-12)8-7-11-3-2-4-11/h5-6,11H,2-4,7-9H2,1H3. The molecule has 0 saturated heterocycles. The topological polar surface area (TPSA) is 30.7 Å². The Morgan fingerprint density at radius 2 is 2.17 bits per heavy atom. The lowest BCUT2D eigenvalue weighted by molar-refractivity contribution is 0.282. The Bertz CT molecular complexity index is 557. The van der Waals surface area contributed by atoms with E-state index in [2.05, 4.69) is 14.5 Å². The van der Waals surface area contributed by atoms with E-state index in [1.54, 1.807) is 0 Å². The Morgan fingerprint density at radius 3 is 2.83 bits per heavy atom. The number of rotatable bonds is 4. The zero-order valence-electron chi connectivity index (χ0n) is 10.7. The van der Waals surface area contributed by atoms with E-state index < -0.39 is 0 Å². The fourth-order valence-electron chi connectivity index (χ4n) is 2.57. The van der Waals surface area contributed by atoms with Crippen LogP contribution in [0.3, 0.4) is 0 Å². The molecule has 3 rings (SSSR count). The molecule has 4 heteroatoms. The third kappa shape index (κ3) is 2.12. The number of aryl methyl sites for hydroxylation is 2. The minimum atomic E-state index is 0.458. The highest BCUT2D eigenvalue weighted by molar-refractivity contribution is 6.16. The summed E-state index contributed by atoms with van der Waals surface area (Å²) in [6.45, 7) is 3.02. The molecule has 0 aliphatic heterocycles. The molecule has 0 radical (unpaired) electrons. The number of halogens is 1. The highest BCUT2D eigenvalue weighted by Gasteiger charge is 2.19. The predicted molar refractivity (Wildman–Crippen MR) is 73.8 cm³/mol. The summed E-state index contributed by atoms with van der Waals surface area (Å²) in [5.74, 6) is 2.31. The molecule has 2 aromatic heterocycles. The summed E-state index contributed by atoms with van der Waals surface area (Å²) >= 11 is 6.00. The molecule has 1 aliphatic carbocycles. The van der Waals surface area contributed by atoms with Gasteiger partial charge in [-0.05, 0) is 31.4 Å². The largest absolute Gasteiger partial charge is 0.312 e. The second-order valence-corrected chi connectivity index (χ2v) is 5.46. The van der Waals surface area contributed by atoms with Crippen molar-refractivity contribution >= 4 is 22.8 Å². The van der Waals surface area contributed by atoms with Crippen LogP contribution >= 0.6 is 11.6 Å². The molecule has 0 atom stereocenters. The van der Waals surface area contributed by atoms with Gasteiger partial charge in [0.25, 0.3) is 0 Å². The van der Waals surface area contributed by atoms with Crippen molar-refractivity contribution in [1.29, 1.82) is 0 Å². The average Bonchev–Trinajstić information content (AvgIpc) is 2.65. The van der Waals surface area contributed by atoms with Gasteiger partial charge in [-0.15, -0.1) is 11.6 Å². The van der Waals surface area contributed by atoms with Gasteiger partial charge in [0, 0.05) is 12.2 Å². The predicted octanol–water partition coefficient (Wildman–Crippen LogP) is 3.67. The molecule has 0 spiro atoms. The number of fused-ring (bicyclic) bond motifs is 1. The van der Waals surface area contributed by atoms with Crippen LogP contribution in [0.2, 0.25) is 0 Å². The van der Waals surface area contributed by atoms with Crippen LogP contribution in [-0.4, -0.2) is 14.5 Å². The molecule has 2 heterocycles. The number of pyridine rings is 1. The molecule has 0 N–H and O–H groups in total. The number of hydrogen-bond acceptors (Lipinski definition) is 2. The molecule has 0 bridgehead atoms. The first-order chi connectivity index (χ1) is 8.78. The Hall–Kier alpha value is -1.09. The molecule has 2 aromatic rings. The molecule has 3 nitrogen and oxygen atoms in total. The molecule has 1 aliphatic rings. The highest BCUT2D eigenvalue weighted by atomic mass is 35.5. The van der Waals surface area contributed by atoms with Gasteiger partial charge in [-0.1, -0.05) is 19.3 Å². The smallest absolute Gasteiger partial charge is 0.160 e. The molecular weight excluding hydrogens is 246 g/mol. The quantitative estimate of drug-likeness (QED) is 0.788. The van der Waals surface area contributed by atoms with Crippen molar-refractivity contribution < 1.29 is 0 Å². The van der Waals surface area contributed by atoms with E-state index in [4.69, 9.17) is 11.6 Å². The third-order valence-corrected chi connectivity index (χ3v) is 4.15. The van der Waals surface area contributed by atoms with Crippen molar-refractivity contribution in [3.63, 3.8) is 0 Å². The minimum Gasteiger partial charge on any atom is -0.312 e. The van der Waals surface area contributed by atoms with Crippen LogP contribution in [-0.2, 0) is 12.4 Å². The van der Waals surface area contributed by atoms with Crippen molar-refractivity contribution in [3.8, 4) is 0 Å². The lowest BCUT2D eigenvalue weighted by Gasteiger charge is -2.25. The molecule has 18 heavy (non-hydrogen) atoms. The second-order valence-electron chi connectivity index (χ2n) is 5.19. The molecule has 96 valence electrons. The van der Waals surface area contributed by atoms with Gasteiger partial charge in [-0.2, -0.15) is 0 Å². The van der Waals surface area contributed by atoms with Gasteiger partial charge >= 0.3 is 0 Å². The first kappa shape index (κ1) is 12.0. The summed E-state index contributed by atoms with van der Waals surface area (Å²) in [5.41, 5.74) is 2.99. The minimum absolute atomic E-state index is 0.458. The first-order valence-corrected chi connectivity index (χ1v) is 7.20. The maximum absolute atomic E-state index is 6.00. The van der Waals surface area contributed by atoms with Crippen molar-refractivity contribution in [2.45, 2.75) is 45.0 Å². The Morgan fingerprint density at radius 1 is 1.33 bits per heavy atom. The average molecular weight is 264 g/mol. The first-order valence-electron chi connectivity index (χ1n) is 6.66. The van der Waals surface area contributed by atoms with E-state index in [0.29, 0.717) is 5.88 Å². The molecule has 0 aromatic carbocycles. The van der Waals surface area contributed by atoms with E-state index in [1.165, 1.54) is 25.7 Å². The number of alkyl halides is 1. The van der Waals surface area contributed by atoms with E-state index in [-0.39, 0.29) is 0 Å². The number of nitrogens with zero attached hydrogens (tertiary/aromatic N) is 3. The van der Waals surface area contributed by atoms with E-state index in [9.17, 15) is 0 Å². The van der Waals surface area contributed by atoms with Crippen molar-refractivity contribution in [2.75, 3.05) is 0 Å². The fraction of sp³-hybridized carbons (Fsp3) is 0.571. The van der Waals surface area contributed by atoms with E-state index in [1.807, 2.05) is 19.1 Å². The Labute approximate surface area is 112 Å². The second kappa shape index (κ2) is 4.88. The van der Waals surface area contributed by atoms with Gasteiger partial charge < -0.3 is 4.57 Å². The Kier molecular flexibility index (Phi) is 3.25. The fourth-order valence-corrected chi connectivity index (χ4v) is 2.78. The number of imidazole rings is 1. The normalized spacial score (nSPS) is 16.1. The van der Waals surface area contributed by atoms with E-state index >= 15 is 0 Å². The SMILES string of the molecule is Cc1ccc2nc(CCl)n(CCC3CCC3)c2n1. The number of hydrogen-bond donors (Lipinski definition) is 0. The maximum Gasteiger partial charge on any atom is 0.160 e. The lowest BCUT2D eigenvalue weighted by atomic mass is 9.83. The van der Waals surface area contributed by atoms with E-state index in [0.717, 1.165) is 35.1 Å². The zero-order valence-corrected chi connectivity index (χ0v) is 11.5. The third-order valence-electron chi connectivity index (χ3n) is 3.92. The van der Waals surface area contributed by atoms with Crippen LogP contribution in [0.4, 0.5) is 0 Å². The summed E-state index contributed by atoms with van der Waals surface area (Å²) in [7, 11) is 0. The van der Waals surface area contributed by atoms with Crippen LogP contribution in [0.1, 0.15) is 37.2 Å². The summed E-state index contributed by atoms with van der Waals surface area (Å²) in [6.07, 6.45) is 5.39. The van der Waals surface area contributed by atoms with Crippen molar-refractivity contribution in [3.05, 3.63) is 23.7 Å². The molecule has 0 unspecified atom stereocenters. The molecule has 1 saturated carbocycles. The van der Waals surface area contributed by atoms with Gasteiger partial charge in [-0.3, -0.25) is 0 Å². The monoisotopic (exact) mass is 263 g/mol. The van der Waals surface area contributed by atoms with Crippen molar-refractivity contribution in [1.82, 2.24) is 14.5 Å². The summed E-state index contributed by atoms with van der Waals surface area (Å²) in [6, 6.07) is 4.04. The van der Waals surface area contributed by atoms with Crippen LogP contribution in [0.5, 0.6) is 0 Å². The molecular formula is C14H18ClN3. The van der Waals surface area contributed by atoms with Crippen LogP contribution in [0.25, 0.3) is 11.2 Å². The van der Waals surface area contributed by atoms with Crippen molar-refractivity contribution in [2.24, 2.45) is 5.92 Å². The number of aromatic nitrogens is 3. The van der Waals surface area contributed by atoms with Gasteiger partial charge in [0.1, 0.15) is 11.3 Å². The summed E-state index contributed by atoms with van der Waals surface area (Å²) in [5, 5.41) is 0. The zero-order chi connectivity index (χ0) is 12.5. The molecule has 1 fully saturated rings. The van der Waals surface area contributed by atoms with Crippen LogP contribution < -0.4 is 0 Å². The summed E-state index contributed by atoms with van der Waals surface area (Å²) in [4.78, 5) is 9.17. The lowest BCUT2D eigenvalue weighted by Crippen LogP contribution is -2.15. The van der Waals surface area contributed by atoms with Crippen LogP contribution in [0, 0.1) is 12.8 Å².